The van der Waals surface area contributed by atoms with Crippen LogP contribution < -0.4 is 4.35 Å². The zero-order valence-corrected chi connectivity index (χ0v) is 8.20. The summed E-state index contributed by atoms with van der Waals surface area (Å²) in [6.07, 6.45) is 0. The van der Waals surface area contributed by atoms with Gasteiger partial charge in [0.25, 0.3) is 0 Å². The van der Waals surface area contributed by atoms with Crippen LogP contribution in [0.5, 0.6) is 0 Å². The fourth-order valence-corrected chi connectivity index (χ4v) is 1.90. The molecule has 2 N–H and O–H groups in total. The molecule has 0 radical (unpaired) electrons. The van der Waals surface area contributed by atoms with E-state index in [-0.39, 0.29) is 10.0 Å². The summed E-state index contributed by atoms with van der Waals surface area (Å²) in [5.74, 6) is 0. The Hall–Kier alpha value is -1.10. The minimum atomic E-state index is -4.89. The molecule has 0 aliphatic heterocycles. The van der Waals surface area contributed by atoms with E-state index in [1.165, 1.54) is 0 Å². The monoisotopic (exact) mass is 247 g/mol. The zero-order chi connectivity index (χ0) is 10.1. The SMILES string of the molecule is O=[N+]([O-])c1ccc([As](=O)(O)O)cc1. The predicted molar refractivity (Wildman–Crippen MR) is 43.6 cm³/mol. The summed E-state index contributed by atoms with van der Waals surface area (Å²) in [6, 6.07) is 4.27. The molecule has 0 saturated heterocycles. The molecule has 1 rings (SSSR count). The van der Waals surface area contributed by atoms with E-state index in [1.54, 1.807) is 0 Å². The Bertz CT molecular complexity index is 367. The van der Waals surface area contributed by atoms with Crippen molar-refractivity contribution in [1.29, 1.82) is 0 Å². The van der Waals surface area contributed by atoms with Gasteiger partial charge in [-0.15, -0.1) is 0 Å². The molecule has 0 aliphatic rings. The summed E-state index contributed by atoms with van der Waals surface area (Å²) >= 11 is -4.89. The molecule has 0 spiro atoms. The first-order valence-electron chi connectivity index (χ1n) is 3.22. The van der Waals surface area contributed by atoms with Crippen molar-refractivity contribution in [3.63, 3.8) is 0 Å². The molecule has 1 aromatic rings. The van der Waals surface area contributed by atoms with Gasteiger partial charge in [-0.2, -0.15) is 0 Å². The van der Waals surface area contributed by atoms with Gasteiger partial charge in [-0.3, -0.25) is 0 Å². The number of nitrogens with zero attached hydrogens (tertiary/aromatic N) is 1. The molecule has 0 aliphatic carbocycles. The Morgan fingerprint density at radius 2 is 1.69 bits per heavy atom. The van der Waals surface area contributed by atoms with Crippen molar-refractivity contribution >= 4 is 24.2 Å². The molecule has 0 saturated carbocycles. The molecular formula is C6H6AsNO5. The van der Waals surface area contributed by atoms with Gasteiger partial charge in [0.05, 0.1) is 0 Å². The summed E-state index contributed by atoms with van der Waals surface area (Å²) in [6.45, 7) is 0. The Morgan fingerprint density at radius 3 is 2.00 bits per heavy atom. The van der Waals surface area contributed by atoms with Crippen molar-refractivity contribution in [3.8, 4) is 0 Å². The summed E-state index contributed by atoms with van der Waals surface area (Å²) in [5.41, 5.74) is -0.187. The van der Waals surface area contributed by atoms with Crippen LogP contribution in [-0.4, -0.2) is 27.3 Å². The molecule has 0 fully saturated rings. The molecule has 0 heterocycles. The van der Waals surface area contributed by atoms with Gasteiger partial charge < -0.3 is 0 Å². The van der Waals surface area contributed by atoms with Crippen molar-refractivity contribution in [2.75, 3.05) is 0 Å². The second-order valence-corrected chi connectivity index (χ2v) is 5.68. The summed E-state index contributed by atoms with van der Waals surface area (Å²) < 4.78 is 28.0. The van der Waals surface area contributed by atoms with Gasteiger partial charge in [0.1, 0.15) is 0 Å². The second-order valence-electron chi connectivity index (χ2n) is 2.32. The van der Waals surface area contributed by atoms with Crippen molar-refractivity contribution in [1.82, 2.24) is 0 Å². The van der Waals surface area contributed by atoms with Crippen LogP contribution in [0.4, 0.5) is 5.69 Å². The zero-order valence-electron chi connectivity index (χ0n) is 6.32. The van der Waals surface area contributed by atoms with Crippen LogP contribution in [0, 0.1) is 10.1 Å². The quantitative estimate of drug-likeness (QED) is 0.403. The minimum absolute atomic E-state index is 0.163. The van der Waals surface area contributed by atoms with E-state index in [2.05, 4.69) is 0 Å². The van der Waals surface area contributed by atoms with Crippen molar-refractivity contribution < 1.29 is 16.9 Å². The molecule has 0 atom stereocenters. The van der Waals surface area contributed by atoms with E-state index in [9.17, 15) is 13.9 Å². The standard InChI is InChI=1S/C6H6AsNO5/c9-7(10,11)5-1-3-6(4-2-5)8(12)13/h1-4H,(H2,9,10,11). The molecule has 0 aromatic heterocycles. The van der Waals surface area contributed by atoms with Crippen molar-refractivity contribution in [2.45, 2.75) is 0 Å². The van der Waals surface area contributed by atoms with Gasteiger partial charge in [-0.25, -0.2) is 0 Å². The van der Waals surface area contributed by atoms with Crippen molar-refractivity contribution in [3.05, 3.63) is 34.4 Å². The number of non-ortho nitro benzene ring substituents is 1. The first-order chi connectivity index (χ1) is 5.91. The van der Waals surface area contributed by atoms with Crippen LogP contribution in [0.15, 0.2) is 24.3 Å². The Labute approximate surface area is 76.0 Å². The average molecular weight is 247 g/mol. The predicted octanol–water partition coefficient (Wildman–Crippen LogP) is -0.844. The molecule has 13 heavy (non-hydrogen) atoms. The summed E-state index contributed by atoms with van der Waals surface area (Å²) in [7, 11) is 0. The van der Waals surface area contributed by atoms with Gasteiger partial charge in [0.2, 0.25) is 0 Å². The number of hydrogen-bond acceptors (Lipinski definition) is 3. The van der Waals surface area contributed by atoms with Gasteiger partial charge >= 0.3 is 75.4 Å². The van der Waals surface area contributed by atoms with Crippen LogP contribution in [0.2, 0.25) is 0 Å². The maximum absolute atomic E-state index is 10.7. The van der Waals surface area contributed by atoms with Crippen LogP contribution >= 0.6 is 0 Å². The number of benzene rings is 1. The first kappa shape index (κ1) is 9.98. The molecule has 0 unspecified atom stereocenters. The van der Waals surface area contributed by atoms with E-state index in [0.717, 1.165) is 24.3 Å². The molecule has 70 valence electrons. The fraction of sp³-hybridized carbons (Fsp3) is 0. The number of nitro groups is 1. The number of hydrogen-bond donors (Lipinski definition) is 2. The summed E-state index contributed by atoms with van der Waals surface area (Å²) in [4.78, 5) is 9.55. The molecule has 1 aromatic carbocycles. The summed E-state index contributed by atoms with van der Waals surface area (Å²) in [5, 5.41) is 10.2. The van der Waals surface area contributed by atoms with E-state index < -0.39 is 19.1 Å². The van der Waals surface area contributed by atoms with Crippen LogP contribution in [0.3, 0.4) is 0 Å². The topological polar surface area (TPSA) is 101 Å². The normalized spacial score (nSPS) is 11.2. The van der Waals surface area contributed by atoms with Gasteiger partial charge in [-0.05, 0) is 0 Å². The first-order valence-corrected chi connectivity index (χ1v) is 6.60. The fourth-order valence-electron chi connectivity index (χ4n) is 0.769. The average Bonchev–Trinajstić information content (AvgIpc) is 2.03. The van der Waals surface area contributed by atoms with Crippen LogP contribution in [0.25, 0.3) is 0 Å². The Balaban J connectivity index is 3.08. The van der Waals surface area contributed by atoms with E-state index in [1.807, 2.05) is 0 Å². The molecule has 0 bridgehead atoms. The molecular weight excluding hydrogens is 241 g/mol. The van der Waals surface area contributed by atoms with Gasteiger partial charge in [0.15, 0.2) is 0 Å². The Kier molecular flexibility index (Phi) is 2.56. The third-order valence-electron chi connectivity index (χ3n) is 1.40. The van der Waals surface area contributed by atoms with E-state index in [4.69, 9.17) is 8.19 Å². The van der Waals surface area contributed by atoms with Crippen LogP contribution in [0.1, 0.15) is 0 Å². The van der Waals surface area contributed by atoms with Crippen molar-refractivity contribution in [2.24, 2.45) is 0 Å². The maximum atomic E-state index is 10.7. The number of nitro benzene ring substituents is 1. The van der Waals surface area contributed by atoms with E-state index in [0.29, 0.717) is 0 Å². The Morgan fingerprint density at radius 1 is 1.23 bits per heavy atom. The van der Waals surface area contributed by atoms with Crippen LogP contribution in [-0.2, 0) is 3.74 Å². The van der Waals surface area contributed by atoms with Gasteiger partial charge in [-0.1, -0.05) is 0 Å². The molecule has 7 heteroatoms. The third kappa shape index (κ3) is 2.42. The molecule has 6 nitrogen and oxygen atoms in total. The van der Waals surface area contributed by atoms with E-state index >= 15 is 0 Å². The third-order valence-corrected chi connectivity index (χ3v) is 3.43. The number of rotatable bonds is 2. The second kappa shape index (κ2) is 3.33. The molecule has 0 amide bonds. The van der Waals surface area contributed by atoms with Gasteiger partial charge in [0, 0.05) is 0 Å².